The van der Waals surface area contributed by atoms with Gasteiger partial charge >= 0.3 is 0 Å². The van der Waals surface area contributed by atoms with E-state index in [1.165, 1.54) is 0 Å². The molecule has 8 heteroatoms. The highest BCUT2D eigenvalue weighted by atomic mass is 16.2. The summed E-state index contributed by atoms with van der Waals surface area (Å²) in [4.78, 5) is 23.3. The number of benzene rings is 1. The van der Waals surface area contributed by atoms with Crippen molar-refractivity contribution in [3.63, 3.8) is 0 Å². The number of nitrogens with zero attached hydrogens (tertiary/aromatic N) is 3. The second kappa shape index (κ2) is 6.23. The van der Waals surface area contributed by atoms with Gasteiger partial charge in [0.15, 0.2) is 0 Å². The van der Waals surface area contributed by atoms with Crippen molar-refractivity contribution in [3.05, 3.63) is 48.3 Å². The average molecular weight is 272 g/mol. The summed E-state index contributed by atoms with van der Waals surface area (Å²) in [6, 6.07) is 6.43. The van der Waals surface area contributed by atoms with Crippen LogP contribution in [0, 0.1) is 0 Å². The van der Waals surface area contributed by atoms with Crippen molar-refractivity contribution in [2.24, 2.45) is 0 Å². The molecule has 0 fully saturated rings. The Bertz CT molecular complexity index is 605. The lowest BCUT2D eigenvalue weighted by molar-refractivity contribution is 0.0957. The molecule has 0 radical (unpaired) electrons. The third kappa shape index (κ3) is 3.25. The van der Waals surface area contributed by atoms with E-state index in [4.69, 9.17) is 0 Å². The normalized spacial score (nSPS) is 9.80. The van der Waals surface area contributed by atoms with Crippen LogP contribution in [0.3, 0.4) is 0 Å². The molecule has 0 spiro atoms. The lowest BCUT2D eigenvalue weighted by Crippen LogP contribution is -2.23. The van der Waals surface area contributed by atoms with Crippen LogP contribution in [0.2, 0.25) is 0 Å². The van der Waals surface area contributed by atoms with Gasteiger partial charge in [0.05, 0.1) is 0 Å². The van der Waals surface area contributed by atoms with Crippen molar-refractivity contribution >= 4 is 17.5 Å². The van der Waals surface area contributed by atoms with Gasteiger partial charge < -0.3 is 10.6 Å². The van der Waals surface area contributed by atoms with E-state index in [9.17, 15) is 9.59 Å². The van der Waals surface area contributed by atoms with Gasteiger partial charge in [-0.2, -0.15) is 5.21 Å². The van der Waals surface area contributed by atoms with Crippen LogP contribution in [0.4, 0.5) is 5.69 Å². The number of nitrogens with one attached hydrogen (secondary N) is 3. The quantitative estimate of drug-likeness (QED) is 0.680. The topological polar surface area (TPSA) is 113 Å². The molecular weight excluding hydrogens is 260 g/mol. The Kier molecular flexibility index (Phi) is 4.17. The third-order valence-electron chi connectivity index (χ3n) is 2.36. The first-order valence-corrected chi connectivity index (χ1v) is 5.74. The van der Waals surface area contributed by atoms with E-state index in [1.807, 2.05) is 0 Å². The minimum absolute atomic E-state index is 0.0576. The monoisotopic (exact) mass is 272 g/mol. The van der Waals surface area contributed by atoms with E-state index < -0.39 is 5.91 Å². The highest BCUT2D eigenvalue weighted by molar-refractivity contribution is 6.01. The Morgan fingerprint density at radius 3 is 2.60 bits per heavy atom. The number of carbonyl (C=O) groups is 2. The molecule has 8 nitrogen and oxygen atoms in total. The van der Waals surface area contributed by atoms with E-state index >= 15 is 0 Å². The van der Waals surface area contributed by atoms with Crippen LogP contribution in [-0.2, 0) is 0 Å². The number of tetrazole rings is 1. The van der Waals surface area contributed by atoms with E-state index in [0.29, 0.717) is 17.8 Å². The zero-order valence-corrected chi connectivity index (χ0v) is 10.5. The maximum Gasteiger partial charge on any atom is 0.297 e. The summed E-state index contributed by atoms with van der Waals surface area (Å²) in [5.41, 5.74) is 1.02. The van der Waals surface area contributed by atoms with Crippen LogP contribution in [0.5, 0.6) is 0 Å². The molecule has 0 aliphatic heterocycles. The van der Waals surface area contributed by atoms with Crippen LogP contribution in [-0.4, -0.2) is 39.0 Å². The number of rotatable bonds is 5. The lowest BCUT2D eigenvalue weighted by Gasteiger charge is -2.05. The van der Waals surface area contributed by atoms with Crippen molar-refractivity contribution in [1.82, 2.24) is 25.9 Å². The molecule has 0 aliphatic carbocycles. The number of hydrogen-bond donors (Lipinski definition) is 3. The smallest absolute Gasteiger partial charge is 0.297 e. The standard InChI is InChI=1S/C12H12N6O2/c1-2-7-13-11(19)8-3-5-9(6-4-8)14-12(20)10-15-17-18-16-10/h2-6H,1,7H2,(H,13,19)(H,14,20)(H,15,16,17,18). The van der Waals surface area contributed by atoms with E-state index in [1.54, 1.807) is 30.3 Å². The number of H-pyrrole nitrogens is 1. The summed E-state index contributed by atoms with van der Waals surface area (Å²) in [6.45, 7) is 3.91. The summed E-state index contributed by atoms with van der Waals surface area (Å²) >= 11 is 0. The van der Waals surface area contributed by atoms with Crippen molar-refractivity contribution < 1.29 is 9.59 Å². The molecule has 0 saturated carbocycles. The summed E-state index contributed by atoms with van der Waals surface area (Å²) < 4.78 is 0. The SMILES string of the molecule is C=CCNC(=O)c1ccc(NC(=O)c2nn[nH]n2)cc1. The molecule has 0 aliphatic rings. The van der Waals surface area contributed by atoms with Crippen LogP contribution in [0.25, 0.3) is 0 Å². The minimum atomic E-state index is -0.484. The van der Waals surface area contributed by atoms with E-state index in [0.717, 1.165) is 0 Å². The second-order valence-corrected chi connectivity index (χ2v) is 3.77. The molecule has 2 amide bonds. The number of aromatic nitrogens is 4. The number of amides is 2. The Balaban J connectivity index is 1.99. The first-order valence-electron chi connectivity index (χ1n) is 5.74. The highest BCUT2D eigenvalue weighted by Crippen LogP contribution is 2.10. The molecule has 2 aromatic rings. The largest absolute Gasteiger partial charge is 0.349 e. The number of hydrogen-bond acceptors (Lipinski definition) is 5. The highest BCUT2D eigenvalue weighted by Gasteiger charge is 2.11. The van der Waals surface area contributed by atoms with Crippen LogP contribution in [0.1, 0.15) is 21.0 Å². The van der Waals surface area contributed by atoms with Crippen molar-refractivity contribution in [3.8, 4) is 0 Å². The summed E-state index contributed by atoms with van der Waals surface area (Å²) in [6.07, 6.45) is 1.59. The molecule has 1 aromatic heterocycles. The maximum atomic E-state index is 11.6. The van der Waals surface area contributed by atoms with Crippen molar-refractivity contribution in [2.45, 2.75) is 0 Å². The number of carbonyl (C=O) groups excluding carboxylic acids is 2. The fraction of sp³-hybridized carbons (Fsp3) is 0.0833. The Hall–Kier alpha value is -3.03. The van der Waals surface area contributed by atoms with Gasteiger partial charge in [0.1, 0.15) is 0 Å². The molecule has 2 rings (SSSR count). The molecule has 1 heterocycles. The lowest BCUT2D eigenvalue weighted by atomic mass is 10.2. The zero-order valence-electron chi connectivity index (χ0n) is 10.5. The summed E-state index contributed by atoms with van der Waals surface area (Å²) in [5, 5.41) is 17.8. The van der Waals surface area contributed by atoms with Gasteiger partial charge in [-0.25, -0.2) is 0 Å². The molecule has 0 saturated heterocycles. The average Bonchev–Trinajstić information content (AvgIpc) is 3.00. The molecule has 0 bridgehead atoms. The fourth-order valence-electron chi connectivity index (χ4n) is 1.42. The molecule has 1 aromatic carbocycles. The maximum absolute atomic E-state index is 11.6. The predicted molar refractivity (Wildman–Crippen MR) is 71.1 cm³/mol. The first-order chi connectivity index (χ1) is 9.70. The second-order valence-electron chi connectivity index (χ2n) is 3.77. The van der Waals surface area contributed by atoms with Crippen molar-refractivity contribution in [1.29, 1.82) is 0 Å². The molecule has 20 heavy (non-hydrogen) atoms. The summed E-state index contributed by atoms with van der Waals surface area (Å²) in [7, 11) is 0. The van der Waals surface area contributed by atoms with Gasteiger partial charge in [-0.3, -0.25) is 9.59 Å². The first kappa shape index (κ1) is 13.4. The van der Waals surface area contributed by atoms with Gasteiger partial charge in [-0.1, -0.05) is 6.08 Å². The molecule has 0 atom stereocenters. The van der Waals surface area contributed by atoms with E-state index in [2.05, 4.69) is 37.8 Å². The van der Waals surface area contributed by atoms with Gasteiger partial charge in [0, 0.05) is 17.8 Å². The Labute approximate surface area is 114 Å². The Morgan fingerprint density at radius 2 is 2.00 bits per heavy atom. The van der Waals surface area contributed by atoms with Crippen LogP contribution < -0.4 is 10.6 Å². The molecular formula is C12H12N6O2. The fourth-order valence-corrected chi connectivity index (χ4v) is 1.42. The number of anilines is 1. The van der Waals surface area contributed by atoms with Gasteiger partial charge in [0.25, 0.3) is 17.6 Å². The minimum Gasteiger partial charge on any atom is -0.349 e. The summed E-state index contributed by atoms with van der Waals surface area (Å²) in [5.74, 6) is -0.749. The van der Waals surface area contributed by atoms with Crippen LogP contribution in [0.15, 0.2) is 36.9 Å². The molecule has 102 valence electrons. The van der Waals surface area contributed by atoms with Gasteiger partial charge in [0.2, 0.25) is 0 Å². The van der Waals surface area contributed by atoms with Crippen LogP contribution >= 0.6 is 0 Å². The molecule has 0 unspecified atom stereocenters. The van der Waals surface area contributed by atoms with Gasteiger partial charge in [-0.15, -0.1) is 16.8 Å². The zero-order chi connectivity index (χ0) is 14.4. The van der Waals surface area contributed by atoms with Gasteiger partial charge in [-0.05, 0) is 29.5 Å². The predicted octanol–water partition coefficient (Wildman–Crippen LogP) is 0.368. The van der Waals surface area contributed by atoms with Crippen molar-refractivity contribution in [2.75, 3.05) is 11.9 Å². The van der Waals surface area contributed by atoms with E-state index in [-0.39, 0.29) is 11.7 Å². The number of aromatic amines is 1. The molecule has 3 N–H and O–H groups in total. The Morgan fingerprint density at radius 1 is 1.25 bits per heavy atom. The third-order valence-corrected chi connectivity index (χ3v) is 2.36.